The summed E-state index contributed by atoms with van der Waals surface area (Å²) in [5.74, 6) is 0.626. The summed E-state index contributed by atoms with van der Waals surface area (Å²) < 4.78 is 6.14. The van der Waals surface area contributed by atoms with E-state index in [0.29, 0.717) is 17.7 Å². The molecule has 0 saturated carbocycles. The van der Waals surface area contributed by atoms with Crippen molar-refractivity contribution in [2.75, 3.05) is 25.0 Å². The quantitative estimate of drug-likeness (QED) is 0.660. The van der Waals surface area contributed by atoms with Crippen molar-refractivity contribution in [1.29, 1.82) is 0 Å². The van der Waals surface area contributed by atoms with Crippen LogP contribution in [0.15, 0.2) is 55.1 Å². The van der Waals surface area contributed by atoms with E-state index in [9.17, 15) is 9.59 Å². The topological polar surface area (TPSA) is 58.6 Å². The fourth-order valence-corrected chi connectivity index (χ4v) is 3.68. The van der Waals surface area contributed by atoms with Crippen molar-refractivity contribution in [3.63, 3.8) is 0 Å². The number of benzene rings is 2. The van der Waals surface area contributed by atoms with Crippen molar-refractivity contribution in [3.8, 4) is 5.75 Å². The summed E-state index contributed by atoms with van der Waals surface area (Å²) in [6, 6.07) is 12.9. The highest BCUT2D eigenvalue weighted by Crippen LogP contribution is 2.23. The van der Waals surface area contributed by atoms with E-state index in [0.717, 1.165) is 49.4 Å². The Hall–Kier alpha value is -2.92. The second kappa shape index (κ2) is 10.2. The Bertz CT molecular complexity index is 897. The van der Waals surface area contributed by atoms with Crippen LogP contribution in [0.2, 0.25) is 0 Å². The molecule has 2 aromatic carbocycles. The van der Waals surface area contributed by atoms with E-state index in [1.165, 1.54) is 6.08 Å². The van der Waals surface area contributed by atoms with Gasteiger partial charge in [0.2, 0.25) is 0 Å². The van der Waals surface area contributed by atoms with Crippen molar-refractivity contribution in [2.24, 2.45) is 0 Å². The zero-order valence-corrected chi connectivity index (χ0v) is 17.8. The molecule has 0 bridgehead atoms. The molecule has 1 fully saturated rings. The van der Waals surface area contributed by atoms with Crippen LogP contribution in [0.3, 0.4) is 0 Å². The van der Waals surface area contributed by atoms with E-state index in [1.54, 1.807) is 12.1 Å². The predicted molar refractivity (Wildman–Crippen MR) is 120 cm³/mol. The maximum atomic E-state index is 12.7. The number of ketones is 1. The van der Waals surface area contributed by atoms with Crippen LogP contribution in [0.1, 0.15) is 41.3 Å². The summed E-state index contributed by atoms with van der Waals surface area (Å²) in [6.45, 7) is 10.8. The van der Waals surface area contributed by atoms with Crippen LogP contribution in [0.25, 0.3) is 0 Å². The third-order valence-electron chi connectivity index (χ3n) is 5.54. The zero-order chi connectivity index (χ0) is 21.5. The third kappa shape index (κ3) is 5.80. The van der Waals surface area contributed by atoms with Gasteiger partial charge in [0.25, 0.3) is 5.91 Å². The van der Waals surface area contributed by atoms with Gasteiger partial charge in [0.05, 0.1) is 0 Å². The number of carbonyl (C=O) groups is 2. The van der Waals surface area contributed by atoms with Gasteiger partial charge in [0.1, 0.15) is 11.9 Å². The van der Waals surface area contributed by atoms with Crippen molar-refractivity contribution >= 4 is 17.4 Å². The number of ether oxygens (including phenoxy) is 1. The van der Waals surface area contributed by atoms with Gasteiger partial charge in [-0.15, -0.1) is 0 Å². The number of allylic oxidation sites excluding steroid dienone is 1. The molecule has 5 nitrogen and oxygen atoms in total. The molecule has 0 atom stereocenters. The van der Waals surface area contributed by atoms with Gasteiger partial charge in [-0.3, -0.25) is 9.59 Å². The van der Waals surface area contributed by atoms with Crippen LogP contribution in [0, 0.1) is 6.92 Å². The zero-order valence-electron chi connectivity index (χ0n) is 17.8. The highest BCUT2D eigenvalue weighted by Gasteiger charge is 2.20. The first-order valence-electron chi connectivity index (χ1n) is 10.5. The smallest absolute Gasteiger partial charge is 0.255 e. The van der Waals surface area contributed by atoms with E-state index >= 15 is 0 Å². The molecule has 30 heavy (non-hydrogen) atoms. The molecule has 1 saturated heterocycles. The summed E-state index contributed by atoms with van der Waals surface area (Å²) in [7, 11) is 0. The Morgan fingerprint density at radius 1 is 1.17 bits per heavy atom. The normalized spacial score (nSPS) is 14.9. The van der Waals surface area contributed by atoms with Gasteiger partial charge in [0, 0.05) is 30.8 Å². The Balaban J connectivity index is 1.58. The van der Waals surface area contributed by atoms with Crippen LogP contribution >= 0.6 is 0 Å². The molecule has 0 spiro atoms. The molecule has 2 aromatic rings. The highest BCUT2D eigenvalue weighted by atomic mass is 16.5. The first-order chi connectivity index (χ1) is 14.5. The fraction of sp³-hybridized carbons (Fsp3) is 0.360. The number of carbonyl (C=O) groups excluding carboxylic acids is 2. The first-order valence-corrected chi connectivity index (χ1v) is 10.5. The summed E-state index contributed by atoms with van der Waals surface area (Å²) >= 11 is 0. The van der Waals surface area contributed by atoms with Gasteiger partial charge in [-0.1, -0.05) is 25.6 Å². The van der Waals surface area contributed by atoms with E-state index in [-0.39, 0.29) is 17.8 Å². The number of rotatable bonds is 8. The Morgan fingerprint density at radius 3 is 2.47 bits per heavy atom. The molecule has 1 aliphatic heterocycles. The first kappa shape index (κ1) is 21.8. The molecule has 3 rings (SSSR count). The number of hydrogen-bond acceptors (Lipinski definition) is 4. The van der Waals surface area contributed by atoms with Crippen molar-refractivity contribution in [2.45, 2.75) is 39.2 Å². The van der Waals surface area contributed by atoms with Crippen molar-refractivity contribution < 1.29 is 14.3 Å². The van der Waals surface area contributed by atoms with E-state index in [1.807, 2.05) is 37.3 Å². The number of hydrogen-bond donors (Lipinski definition) is 1. The molecule has 0 unspecified atom stereocenters. The van der Waals surface area contributed by atoms with Crippen LogP contribution in [-0.2, 0) is 11.2 Å². The molecule has 0 aromatic heterocycles. The molecule has 0 aliphatic carbocycles. The molecule has 1 heterocycles. The monoisotopic (exact) mass is 406 g/mol. The lowest BCUT2D eigenvalue weighted by Gasteiger charge is -2.31. The number of piperidine rings is 1. The summed E-state index contributed by atoms with van der Waals surface area (Å²) in [5, 5.41) is 2.92. The van der Waals surface area contributed by atoms with Gasteiger partial charge in [0.15, 0.2) is 5.78 Å². The number of likely N-dealkylation sites (tertiary alicyclic amines) is 1. The molecule has 1 amide bonds. The minimum atomic E-state index is -0.162. The van der Waals surface area contributed by atoms with E-state index in [4.69, 9.17) is 4.74 Å². The SMILES string of the molecule is C=CC(=O)Cc1ccc(NC(=O)c2ccc(OC3CCN(CC)CC3)cc2C)cc1. The number of aryl methyl sites for hydroxylation is 1. The molecule has 5 heteroatoms. The summed E-state index contributed by atoms with van der Waals surface area (Å²) in [6.07, 6.45) is 3.93. The minimum Gasteiger partial charge on any atom is -0.490 e. The van der Waals surface area contributed by atoms with Gasteiger partial charge >= 0.3 is 0 Å². The molecule has 1 N–H and O–H groups in total. The standard InChI is InChI=1S/C25H30N2O3/c1-4-21(28)17-19-6-8-20(9-7-19)26-25(29)24-11-10-23(16-18(24)3)30-22-12-14-27(5-2)15-13-22/h4,6-11,16,22H,1,5,12-15,17H2,2-3H3,(H,26,29). The van der Waals surface area contributed by atoms with Gasteiger partial charge in [-0.05, 0) is 73.8 Å². The van der Waals surface area contributed by atoms with Crippen molar-refractivity contribution in [3.05, 3.63) is 71.8 Å². The molecule has 0 radical (unpaired) electrons. The largest absolute Gasteiger partial charge is 0.490 e. The Labute approximate surface area is 178 Å². The van der Waals surface area contributed by atoms with Gasteiger partial charge in [-0.2, -0.15) is 0 Å². The van der Waals surface area contributed by atoms with Crippen molar-refractivity contribution in [1.82, 2.24) is 4.90 Å². The number of nitrogens with one attached hydrogen (secondary N) is 1. The van der Waals surface area contributed by atoms with Gasteiger partial charge < -0.3 is 15.0 Å². The lowest BCUT2D eigenvalue weighted by atomic mass is 10.1. The second-order valence-electron chi connectivity index (χ2n) is 7.73. The van der Waals surface area contributed by atoms with Crippen LogP contribution in [0.5, 0.6) is 5.75 Å². The summed E-state index contributed by atoms with van der Waals surface area (Å²) in [4.78, 5) is 26.6. The Morgan fingerprint density at radius 2 is 1.87 bits per heavy atom. The number of nitrogens with zero attached hydrogens (tertiary/aromatic N) is 1. The summed E-state index contributed by atoms with van der Waals surface area (Å²) in [5.41, 5.74) is 3.08. The second-order valence-corrected chi connectivity index (χ2v) is 7.73. The molecular weight excluding hydrogens is 376 g/mol. The number of amides is 1. The maximum Gasteiger partial charge on any atom is 0.255 e. The average Bonchev–Trinajstić information content (AvgIpc) is 2.75. The molecule has 1 aliphatic rings. The highest BCUT2D eigenvalue weighted by molar-refractivity contribution is 6.05. The van der Waals surface area contributed by atoms with Crippen LogP contribution < -0.4 is 10.1 Å². The maximum absolute atomic E-state index is 12.7. The minimum absolute atomic E-state index is 0.0272. The van der Waals surface area contributed by atoms with E-state index in [2.05, 4.69) is 23.7 Å². The average molecular weight is 407 g/mol. The Kier molecular flexibility index (Phi) is 7.41. The lowest BCUT2D eigenvalue weighted by molar-refractivity contribution is -0.114. The van der Waals surface area contributed by atoms with Crippen LogP contribution in [0.4, 0.5) is 5.69 Å². The van der Waals surface area contributed by atoms with E-state index < -0.39 is 0 Å². The predicted octanol–water partition coefficient (Wildman–Crippen LogP) is 4.41. The van der Waals surface area contributed by atoms with Crippen LogP contribution in [-0.4, -0.2) is 42.3 Å². The number of anilines is 1. The van der Waals surface area contributed by atoms with Gasteiger partial charge in [-0.25, -0.2) is 0 Å². The third-order valence-corrected chi connectivity index (χ3v) is 5.54. The fourth-order valence-electron chi connectivity index (χ4n) is 3.68. The molecule has 158 valence electrons. The lowest BCUT2D eigenvalue weighted by Crippen LogP contribution is -2.38. The molecular formula is C25H30N2O3.